The molecule has 0 aliphatic carbocycles. The van der Waals surface area contributed by atoms with Gasteiger partial charge in [0.1, 0.15) is 0 Å². The Labute approximate surface area is 148 Å². The normalized spacial score (nSPS) is 11.4. The lowest BCUT2D eigenvalue weighted by molar-refractivity contribution is 0.972. The minimum Gasteiger partial charge on any atom is -0.361 e. The van der Waals surface area contributed by atoms with Crippen LogP contribution in [0.1, 0.15) is 11.1 Å². The molecule has 0 unspecified atom stereocenters. The van der Waals surface area contributed by atoms with E-state index in [0.29, 0.717) is 11.1 Å². The van der Waals surface area contributed by atoms with Gasteiger partial charge in [-0.1, -0.05) is 30.0 Å². The van der Waals surface area contributed by atoms with E-state index in [0.717, 1.165) is 22.2 Å². The van der Waals surface area contributed by atoms with Crippen molar-refractivity contribution in [2.75, 3.05) is 5.43 Å². The quantitative estimate of drug-likeness (QED) is 0.282. The Morgan fingerprint density at radius 3 is 2.96 bits per heavy atom. The Bertz CT molecular complexity index is 990. The van der Waals surface area contributed by atoms with Crippen LogP contribution in [0.25, 0.3) is 10.9 Å². The number of aromatic amines is 2. The highest BCUT2D eigenvalue weighted by molar-refractivity contribution is 7.98. The zero-order chi connectivity index (χ0) is 16.9. The summed E-state index contributed by atoms with van der Waals surface area (Å²) in [4.78, 5) is 11.6. The summed E-state index contributed by atoms with van der Waals surface area (Å²) in [6.45, 7) is 0. The molecule has 8 heteroatoms. The number of hydrogen-bond acceptors (Lipinski definition) is 6. The molecule has 0 atom stereocenters. The number of hydrogen-bond donors (Lipinski definition) is 3. The predicted octanol–water partition coefficient (Wildman–Crippen LogP) is 3.42. The SMILES string of the molecule is C(=N/Nc1nc(SCc2ccncc2)n[nH]1)/c1c[nH]c2ccccc12. The van der Waals surface area contributed by atoms with Gasteiger partial charge in [-0.2, -0.15) is 10.1 Å². The highest BCUT2D eigenvalue weighted by Crippen LogP contribution is 2.19. The molecule has 4 aromatic rings. The van der Waals surface area contributed by atoms with Crippen molar-refractivity contribution in [2.45, 2.75) is 10.9 Å². The highest BCUT2D eigenvalue weighted by Gasteiger charge is 2.04. The summed E-state index contributed by atoms with van der Waals surface area (Å²) in [5.41, 5.74) is 6.14. The van der Waals surface area contributed by atoms with Crippen LogP contribution in [0.2, 0.25) is 0 Å². The average Bonchev–Trinajstić information content (AvgIpc) is 3.28. The molecule has 0 saturated heterocycles. The van der Waals surface area contributed by atoms with Gasteiger partial charge in [-0.05, 0) is 23.8 Å². The van der Waals surface area contributed by atoms with Crippen molar-refractivity contribution in [3.8, 4) is 0 Å². The Morgan fingerprint density at radius 1 is 1.16 bits per heavy atom. The molecule has 0 fully saturated rings. The van der Waals surface area contributed by atoms with Gasteiger partial charge in [0.25, 0.3) is 0 Å². The van der Waals surface area contributed by atoms with Crippen LogP contribution in [0.4, 0.5) is 5.95 Å². The molecule has 0 amide bonds. The van der Waals surface area contributed by atoms with Crippen LogP contribution in [-0.2, 0) is 5.75 Å². The molecular weight excluding hydrogens is 334 g/mol. The van der Waals surface area contributed by atoms with E-state index in [9.17, 15) is 0 Å². The number of H-pyrrole nitrogens is 2. The second-order valence-corrected chi connectivity index (χ2v) is 6.21. The van der Waals surface area contributed by atoms with Crippen LogP contribution in [0.5, 0.6) is 0 Å². The van der Waals surface area contributed by atoms with Gasteiger partial charge in [-0.15, -0.1) is 5.10 Å². The summed E-state index contributed by atoms with van der Waals surface area (Å²) in [5.74, 6) is 1.30. The van der Waals surface area contributed by atoms with Crippen molar-refractivity contribution in [2.24, 2.45) is 5.10 Å². The second kappa shape index (κ2) is 7.18. The molecule has 124 valence electrons. The van der Waals surface area contributed by atoms with Crippen LogP contribution >= 0.6 is 11.8 Å². The molecule has 7 nitrogen and oxygen atoms in total. The fourth-order valence-corrected chi connectivity index (χ4v) is 3.11. The third kappa shape index (κ3) is 3.69. The van der Waals surface area contributed by atoms with Gasteiger partial charge in [0.05, 0.1) is 6.21 Å². The summed E-state index contributed by atoms with van der Waals surface area (Å²) >= 11 is 1.55. The van der Waals surface area contributed by atoms with E-state index in [-0.39, 0.29) is 0 Å². The standard InChI is InChI=1S/C17H15N7S/c1-2-4-15-14(3-1)13(9-19-15)10-20-22-16-21-17(24-23-16)25-11-12-5-7-18-8-6-12/h1-10,19H,11H2,(H2,21,22,23,24)/b20-10-. The number of rotatable bonds is 6. The molecule has 3 aromatic heterocycles. The summed E-state index contributed by atoms with van der Waals surface area (Å²) in [6, 6.07) is 12.0. The van der Waals surface area contributed by atoms with Crippen LogP contribution in [-0.4, -0.2) is 31.4 Å². The van der Waals surface area contributed by atoms with E-state index in [1.807, 2.05) is 36.5 Å². The van der Waals surface area contributed by atoms with E-state index in [1.165, 1.54) is 5.56 Å². The largest absolute Gasteiger partial charge is 0.361 e. The van der Waals surface area contributed by atoms with Crippen LogP contribution < -0.4 is 5.43 Å². The summed E-state index contributed by atoms with van der Waals surface area (Å²) < 4.78 is 0. The molecule has 3 N–H and O–H groups in total. The number of benzene rings is 1. The van der Waals surface area contributed by atoms with Crippen LogP contribution in [0, 0.1) is 0 Å². The number of thioether (sulfide) groups is 1. The van der Waals surface area contributed by atoms with Gasteiger partial charge in [0.15, 0.2) is 0 Å². The van der Waals surface area contributed by atoms with Gasteiger partial charge in [-0.3, -0.25) is 4.98 Å². The summed E-state index contributed by atoms with van der Waals surface area (Å²) in [5, 5.41) is 13.0. The summed E-state index contributed by atoms with van der Waals surface area (Å²) in [7, 11) is 0. The number of pyridine rings is 1. The minimum absolute atomic E-state index is 0.508. The molecule has 0 radical (unpaired) electrons. The lowest BCUT2D eigenvalue weighted by atomic mass is 10.2. The number of para-hydroxylation sites is 1. The van der Waals surface area contributed by atoms with Gasteiger partial charge in [-0.25, -0.2) is 10.5 Å². The van der Waals surface area contributed by atoms with Crippen molar-refractivity contribution in [3.05, 3.63) is 66.1 Å². The highest BCUT2D eigenvalue weighted by atomic mass is 32.2. The first kappa shape index (κ1) is 15.4. The van der Waals surface area contributed by atoms with Crippen molar-refractivity contribution >= 4 is 34.8 Å². The molecule has 25 heavy (non-hydrogen) atoms. The predicted molar refractivity (Wildman–Crippen MR) is 99.7 cm³/mol. The monoisotopic (exact) mass is 349 g/mol. The molecule has 3 heterocycles. The first-order valence-electron chi connectivity index (χ1n) is 7.68. The molecule has 0 spiro atoms. The second-order valence-electron chi connectivity index (χ2n) is 5.27. The van der Waals surface area contributed by atoms with Crippen LogP contribution in [0.3, 0.4) is 0 Å². The number of hydrazone groups is 1. The zero-order valence-electron chi connectivity index (χ0n) is 13.2. The number of aromatic nitrogens is 5. The Kier molecular flexibility index (Phi) is 4.42. The third-order valence-electron chi connectivity index (χ3n) is 3.58. The maximum absolute atomic E-state index is 4.35. The molecule has 0 bridgehead atoms. The number of nitrogens with one attached hydrogen (secondary N) is 3. The smallest absolute Gasteiger partial charge is 0.240 e. The van der Waals surface area contributed by atoms with Crippen LogP contribution in [0.15, 0.2) is 65.2 Å². The molecule has 4 rings (SSSR count). The molecular formula is C17H15N7S. The van der Waals surface area contributed by atoms with E-state index >= 15 is 0 Å². The Balaban J connectivity index is 1.36. The van der Waals surface area contributed by atoms with Crippen molar-refractivity contribution in [3.63, 3.8) is 0 Å². The van der Waals surface area contributed by atoms with Gasteiger partial charge in [0, 0.05) is 40.8 Å². The molecule has 0 saturated carbocycles. The molecule has 0 aliphatic heterocycles. The summed E-state index contributed by atoms with van der Waals surface area (Å²) in [6.07, 6.45) is 7.23. The van der Waals surface area contributed by atoms with Crippen molar-refractivity contribution < 1.29 is 0 Å². The Morgan fingerprint density at radius 2 is 2.04 bits per heavy atom. The van der Waals surface area contributed by atoms with Crippen molar-refractivity contribution in [1.29, 1.82) is 0 Å². The number of fused-ring (bicyclic) bond motifs is 1. The number of nitrogens with zero attached hydrogens (tertiary/aromatic N) is 4. The lowest BCUT2D eigenvalue weighted by Gasteiger charge is -1.96. The third-order valence-corrected chi connectivity index (χ3v) is 4.50. The average molecular weight is 349 g/mol. The zero-order valence-corrected chi connectivity index (χ0v) is 14.0. The van der Waals surface area contributed by atoms with E-state index in [4.69, 9.17) is 0 Å². The first-order valence-corrected chi connectivity index (χ1v) is 8.66. The van der Waals surface area contributed by atoms with Gasteiger partial charge in [0.2, 0.25) is 11.1 Å². The topological polar surface area (TPSA) is 94.6 Å². The van der Waals surface area contributed by atoms with Gasteiger partial charge >= 0.3 is 0 Å². The number of anilines is 1. The van der Waals surface area contributed by atoms with Gasteiger partial charge < -0.3 is 4.98 Å². The van der Waals surface area contributed by atoms with E-state index in [1.54, 1.807) is 30.4 Å². The fraction of sp³-hybridized carbons (Fsp3) is 0.0588. The Hall–Kier alpha value is -3.13. The molecule has 1 aromatic carbocycles. The lowest BCUT2D eigenvalue weighted by Crippen LogP contribution is -1.92. The maximum Gasteiger partial charge on any atom is 0.240 e. The van der Waals surface area contributed by atoms with Crippen molar-refractivity contribution in [1.82, 2.24) is 25.1 Å². The minimum atomic E-state index is 0.508. The van der Waals surface area contributed by atoms with E-state index < -0.39 is 0 Å². The first-order chi connectivity index (χ1) is 12.4. The maximum atomic E-state index is 4.35. The molecule has 0 aliphatic rings. The fourth-order valence-electron chi connectivity index (χ4n) is 2.35. The van der Waals surface area contributed by atoms with E-state index in [2.05, 4.69) is 41.7 Å².